The van der Waals surface area contributed by atoms with Gasteiger partial charge in [0.25, 0.3) is 0 Å². The molecule has 22 heavy (non-hydrogen) atoms. The van der Waals surface area contributed by atoms with E-state index in [-0.39, 0.29) is 0 Å². The number of para-hydroxylation sites is 1. The van der Waals surface area contributed by atoms with Gasteiger partial charge in [-0.05, 0) is 68.5 Å². The number of benzene rings is 2. The van der Waals surface area contributed by atoms with Gasteiger partial charge in [-0.25, -0.2) is 0 Å². The van der Waals surface area contributed by atoms with Crippen molar-refractivity contribution in [3.63, 3.8) is 0 Å². The quantitative estimate of drug-likeness (QED) is 0.766. The minimum atomic E-state index is 0.351. The molecule has 3 rings (SSSR count). The van der Waals surface area contributed by atoms with Gasteiger partial charge in [0.2, 0.25) is 0 Å². The van der Waals surface area contributed by atoms with E-state index < -0.39 is 0 Å². The van der Waals surface area contributed by atoms with E-state index in [4.69, 9.17) is 0 Å². The van der Waals surface area contributed by atoms with Crippen molar-refractivity contribution >= 4 is 11.4 Å². The summed E-state index contributed by atoms with van der Waals surface area (Å²) in [6.07, 6.45) is 1.45. The molecule has 1 atom stereocenters. The summed E-state index contributed by atoms with van der Waals surface area (Å²) in [7, 11) is 2.21. The molecule has 0 saturated heterocycles. The van der Waals surface area contributed by atoms with Crippen molar-refractivity contribution in [3.8, 4) is 0 Å². The first-order chi connectivity index (χ1) is 10.5. The molecule has 0 spiro atoms. The normalized spacial score (nSPS) is 18.1. The van der Waals surface area contributed by atoms with Gasteiger partial charge in [-0.2, -0.15) is 0 Å². The second kappa shape index (κ2) is 5.68. The Bertz CT molecular complexity index is 690. The van der Waals surface area contributed by atoms with Crippen LogP contribution >= 0.6 is 0 Å². The number of hydrogen-bond donors (Lipinski definition) is 0. The average Bonchev–Trinajstić information content (AvgIpc) is 2.62. The molecule has 0 N–H and O–H groups in total. The van der Waals surface area contributed by atoms with Crippen LogP contribution in [0.3, 0.4) is 0 Å². The molecule has 2 aromatic carbocycles. The molecule has 1 heterocycles. The highest BCUT2D eigenvalue weighted by Crippen LogP contribution is 2.32. The van der Waals surface area contributed by atoms with E-state index in [2.05, 4.69) is 80.9 Å². The summed E-state index contributed by atoms with van der Waals surface area (Å²) < 4.78 is 0. The maximum Gasteiger partial charge on any atom is 0.0984 e. The SMILES string of the molecule is Cc1cc(C)c(C)c(N2CCc3ccccc3N(C)C2C)c1. The molecule has 116 valence electrons. The van der Waals surface area contributed by atoms with Crippen LogP contribution < -0.4 is 9.80 Å². The van der Waals surface area contributed by atoms with Crippen molar-refractivity contribution in [2.45, 2.75) is 40.3 Å². The van der Waals surface area contributed by atoms with Gasteiger partial charge in [-0.1, -0.05) is 24.3 Å². The van der Waals surface area contributed by atoms with Crippen molar-refractivity contribution in [2.75, 3.05) is 23.4 Å². The first-order valence-electron chi connectivity index (χ1n) is 8.14. The maximum atomic E-state index is 2.55. The molecule has 2 aromatic rings. The Balaban J connectivity index is 2.04. The molecule has 2 heteroatoms. The molecule has 0 radical (unpaired) electrons. The predicted octanol–water partition coefficient (Wildman–Crippen LogP) is 4.46. The second-order valence-electron chi connectivity index (χ2n) is 6.54. The minimum absolute atomic E-state index is 0.351. The van der Waals surface area contributed by atoms with Gasteiger partial charge in [-0.3, -0.25) is 0 Å². The van der Waals surface area contributed by atoms with Crippen LogP contribution in [0.4, 0.5) is 11.4 Å². The van der Waals surface area contributed by atoms with Crippen LogP contribution in [0.1, 0.15) is 29.2 Å². The fraction of sp³-hybridized carbons (Fsp3) is 0.400. The largest absolute Gasteiger partial charge is 0.354 e. The molecule has 0 amide bonds. The number of fused-ring (bicyclic) bond motifs is 1. The Morgan fingerprint density at radius 1 is 1.00 bits per heavy atom. The first-order valence-corrected chi connectivity index (χ1v) is 8.14. The van der Waals surface area contributed by atoms with Crippen LogP contribution in [0.2, 0.25) is 0 Å². The van der Waals surface area contributed by atoms with Crippen molar-refractivity contribution in [2.24, 2.45) is 0 Å². The number of nitrogens with zero attached hydrogens (tertiary/aromatic N) is 2. The van der Waals surface area contributed by atoms with Crippen molar-refractivity contribution in [3.05, 3.63) is 58.7 Å². The average molecular weight is 294 g/mol. The highest BCUT2D eigenvalue weighted by Gasteiger charge is 2.25. The monoisotopic (exact) mass is 294 g/mol. The molecular weight excluding hydrogens is 268 g/mol. The lowest BCUT2D eigenvalue weighted by molar-refractivity contribution is 0.636. The van der Waals surface area contributed by atoms with Gasteiger partial charge in [0, 0.05) is 25.0 Å². The van der Waals surface area contributed by atoms with Crippen LogP contribution in [0, 0.1) is 20.8 Å². The fourth-order valence-corrected chi connectivity index (χ4v) is 3.54. The van der Waals surface area contributed by atoms with Crippen LogP contribution in [0.15, 0.2) is 36.4 Å². The summed E-state index contributed by atoms with van der Waals surface area (Å²) in [5.41, 5.74) is 8.31. The minimum Gasteiger partial charge on any atom is -0.354 e. The van der Waals surface area contributed by atoms with Crippen LogP contribution in [0.5, 0.6) is 0 Å². The van der Waals surface area contributed by atoms with E-state index in [1.54, 1.807) is 0 Å². The molecule has 1 unspecified atom stereocenters. The Hall–Kier alpha value is -1.96. The van der Waals surface area contributed by atoms with Gasteiger partial charge >= 0.3 is 0 Å². The molecule has 0 fully saturated rings. The number of rotatable bonds is 1. The molecule has 0 aromatic heterocycles. The molecule has 1 aliphatic heterocycles. The Morgan fingerprint density at radius 3 is 2.50 bits per heavy atom. The van der Waals surface area contributed by atoms with E-state index >= 15 is 0 Å². The lowest BCUT2D eigenvalue weighted by Gasteiger charge is -2.37. The number of anilines is 2. The van der Waals surface area contributed by atoms with Crippen molar-refractivity contribution < 1.29 is 0 Å². The Kier molecular flexibility index (Phi) is 3.86. The van der Waals surface area contributed by atoms with E-state index in [0.29, 0.717) is 6.17 Å². The van der Waals surface area contributed by atoms with Gasteiger partial charge in [0.15, 0.2) is 0 Å². The molecular formula is C20H26N2. The van der Waals surface area contributed by atoms with Crippen LogP contribution in [-0.4, -0.2) is 19.8 Å². The third kappa shape index (κ3) is 2.47. The summed E-state index contributed by atoms with van der Waals surface area (Å²) in [5.74, 6) is 0. The molecule has 0 saturated carbocycles. The molecule has 2 nitrogen and oxygen atoms in total. The lowest BCUT2D eigenvalue weighted by atomic mass is 10.0. The highest BCUT2D eigenvalue weighted by molar-refractivity contribution is 5.63. The Labute approximate surface area is 134 Å². The lowest BCUT2D eigenvalue weighted by Crippen LogP contribution is -2.44. The van der Waals surface area contributed by atoms with Crippen molar-refractivity contribution in [1.82, 2.24) is 0 Å². The smallest absolute Gasteiger partial charge is 0.0984 e. The number of aryl methyl sites for hydroxylation is 2. The summed E-state index contributed by atoms with van der Waals surface area (Å²) in [6.45, 7) is 10.0. The zero-order chi connectivity index (χ0) is 15.9. The molecule has 0 bridgehead atoms. The fourth-order valence-electron chi connectivity index (χ4n) is 3.54. The third-order valence-corrected chi connectivity index (χ3v) is 5.10. The maximum absolute atomic E-state index is 2.55. The zero-order valence-electron chi connectivity index (χ0n) is 14.4. The zero-order valence-corrected chi connectivity index (χ0v) is 14.4. The van der Waals surface area contributed by atoms with Gasteiger partial charge in [0.05, 0.1) is 6.17 Å². The van der Waals surface area contributed by atoms with Gasteiger partial charge in [-0.15, -0.1) is 0 Å². The predicted molar refractivity (Wildman–Crippen MR) is 96.0 cm³/mol. The highest BCUT2D eigenvalue weighted by atomic mass is 15.3. The molecule has 1 aliphatic rings. The second-order valence-corrected chi connectivity index (χ2v) is 6.54. The van der Waals surface area contributed by atoms with Gasteiger partial charge in [0.1, 0.15) is 0 Å². The van der Waals surface area contributed by atoms with E-state index in [1.165, 1.54) is 33.6 Å². The summed E-state index contributed by atoms with van der Waals surface area (Å²) in [4.78, 5) is 4.95. The van der Waals surface area contributed by atoms with Crippen LogP contribution in [0.25, 0.3) is 0 Å². The van der Waals surface area contributed by atoms with Gasteiger partial charge < -0.3 is 9.80 Å². The van der Waals surface area contributed by atoms with Crippen molar-refractivity contribution in [1.29, 1.82) is 0 Å². The van der Waals surface area contributed by atoms with E-state index in [0.717, 1.165) is 13.0 Å². The first kappa shape index (κ1) is 15.0. The van der Waals surface area contributed by atoms with Crippen LogP contribution in [-0.2, 0) is 6.42 Å². The molecule has 0 aliphatic carbocycles. The third-order valence-electron chi connectivity index (χ3n) is 5.10. The summed E-state index contributed by atoms with van der Waals surface area (Å²) in [5, 5.41) is 0. The van der Waals surface area contributed by atoms with E-state index in [1.807, 2.05) is 0 Å². The number of hydrogen-bond acceptors (Lipinski definition) is 2. The van der Waals surface area contributed by atoms with E-state index in [9.17, 15) is 0 Å². The summed E-state index contributed by atoms with van der Waals surface area (Å²) >= 11 is 0. The standard InChI is InChI=1S/C20H26N2/c1-14-12-15(2)16(3)20(13-14)22-11-10-18-8-6-7-9-19(18)21(5)17(22)4/h6-9,12-13,17H,10-11H2,1-5H3. The summed E-state index contributed by atoms with van der Waals surface area (Å²) in [6, 6.07) is 13.4. The Morgan fingerprint density at radius 2 is 1.73 bits per heavy atom. The topological polar surface area (TPSA) is 6.48 Å².